The number of hydrogen-bond donors (Lipinski definition) is 1. The number of likely N-dealkylation sites (N-methyl/N-ethyl adjacent to an activating group) is 1. The van der Waals surface area contributed by atoms with Gasteiger partial charge in [-0.05, 0) is 37.6 Å². The molecule has 1 aliphatic heterocycles. The summed E-state index contributed by atoms with van der Waals surface area (Å²) in [5.41, 5.74) is 1.77. The van der Waals surface area contributed by atoms with E-state index in [1.54, 1.807) is 0 Å². The van der Waals surface area contributed by atoms with Gasteiger partial charge in [0.1, 0.15) is 5.57 Å². The Labute approximate surface area is 129 Å². The Kier molecular flexibility index (Phi) is 4.60. The normalized spacial score (nSPS) is 17.0. The molecule has 116 valence electrons. The van der Waals surface area contributed by atoms with E-state index in [1.807, 2.05) is 24.3 Å². The molecular formula is C16H19N3O3. The molecule has 0 radical (unpaired) electrons. The number of amides is 4. The van der Waals surface area contributed by atoms with Gasteiger partial charge in [-0.25, -0.2) is 4.79 Å². The molecule has 4 amide bonds. The van der Waals surface area contributed by atoms with Crippen molar-refractivity contribution in [3.05, 3.63) is 35.4 Å². The molecule has 2 rings (SSSR count). The second kappa shape index (κ2) is 6.43. The SMILES string of the molecule is CCN(CC)c1ccc(C=C2C(=O)NC(=O)N(C)C2=O)cc1. The predicted octanol–water partition coefficient (Wildman–Crippen LogP) is 1.62. The van der Waals surface area contributed by atoms with Crippen molar-refractivity contribution in [2.75, 3.05) is 25.0 Å². The summed E-state index contributed by atoms with van der Waals surface area (Å²) in [6.45, 7) is 5.98. The number of anilines is 1. The topological polar surface area (TPSA) is 69.7 Å². The van der Waals surface area contributed by atoms with Gasteiger partial charge in [0, 0.05) is 25.8 Å². The maximum atomic E-state index is 12.0. The first-order valence-electron chi connectivity index (χ1n) is 7.18. The van der Waals surface area contributed by atoms with Gasteiger partial charge in [0.2, 0.25) is 0 Å². The molecule has 1 heterocycles. The fraction of sp³-hybridized carbons (Fsp3) is 0.312. The highest BCUT2D eigenvalue weighted by molar-refractivity contribution is 6.30. The van der Waals surface area contributed by atoms with E-state index in [4.69, 9.17) is 0 Å². The largest absolute Gasteiger partial charge is 0.372 e. The molecule has 0 bridgehead atoms. The summed E-state index contributed by atoms with van der Waals surface area (Å²) in [7, 11) is 1.33. The molecule has 1 saturated heterocycles. The van der Waals surface area contributed by atoms with Crippen LogP contribution < -0.4 is 10.2 Å². The monoisotopic (exact) mass is 301 g/mol. The Balaban J connectivity index is 2.27. The number of benzene rings is 1. The van der Waals surface area contributed by atoms with E-state index in [1.165, 1.54) is 13.1 Å². The van der Waals surface area contributed by atoms with Crippen LogP contribution in [0.25, 0.3) is 6.08 Å². The standard InChI is InChI=1S/C16H19N3O3/c1-4-19(5-2)12-8-6-11(7-9-12)10-13-14(20)17-16(22)18(3)15(13)21/h6-10H,4-5H2,1-3H3,(H,17,20,22). The molecule has 0 saturated carbocycles. The molecule has 1 aliphatic rings. The third kappa shape index (κ3) is 3.00. The number of nitrogens with one attached hydrogen (secondary N) is 1. The second-order valence-electron chi connectivity index (χ2n) is 4.95. The highest BCUT2D eigenvalue weighted by Gasteiger charge is 2.32. The first-order chi connectivity index (χ1) is 10.5. The number of rotatable bonds is 4. The predicted molar refractivity (Wildman–Crippen MR) is 84.3 cm³/mol. The number of imide groups is 2. The summed E-state index contributed by atoms with van der Waals surface area (Å²) < 4.78 is 0. The lowest BCUT2D eigenvalue weighted by molar-refractivity contribution is -0.129. The number of carbonyl (C=O) groups excluding carboxylic acids is 3. The van der Waals surface area contributed by atoms with Gasteiger partial charge in [0.15, 0.2) is 0 Å². The third-order valence-corrected chi connectivity index (χ3v) is 3.64. The van der Waals surface area contributed by atoms with Crippen LogP contribution in [0.5, 0.6) is 0 Å². The quantitative estimate of drug-likeness (QED) is 0.678. The molecule has 0 aliphatic carbocycles. The molecule has 0 atom stereocenters. The molecule has 1 aromatic carbocycles. The van der Waals surface area contributed by atoms with Crippen molar-refractivity contribution >= 4 is 29.6 Å². The highest BCUT2D eigenvalue weighted by Crippen LogP contribution is 2.18. The zero-order valence-corrected chi connectivity index (χ0v) is 12.9. The van der Waals surface area contributed by atoms with E-state index in [9.17, 15) is 14.4 Å². The van der Waals surface area contributed by atoms with E-state index >= 15 is 0 Å². The molecule has 0 aromatic heterocycles. The Morgan fingerprint density at radius 3 is 2.23 bits per heavy atom. The van der Waals surface area contributed by atoms with E-state index < -0.39 is 17.8 Å². The van der Waals surface area contributed by atoms with Crippen LogP contribution in [0.4, 0.5) is 10.5 Å². The number of carbonyl (C=O) groups is 3. The van der Waals surface area contributed by atoms with E-state index in [-0.39, 0.29) is 5.57 Å². The molecule has 22 heavy (non-hydrogen) atoms. The number of barbiturate groups is 1. The van der Waals surface area contributed by atoms with Crippen molar-refractivity contribution in [2.45, 2.75) is 13.8 Å². The molecule has 1 N–H and O–H groups in total. The summed E-state index contributed by atoms with van der Waals surface area (Å²) in [5.74, 6) is -1.26. The smallest absolute Gasteiger partial charge is 0.331 e. The Morgan fingerprint density at radius 2 is 1.68 bits per heavy atom. The number of nitrogens with zero attached hydrogens (tertiary/aromatic N) is 2. The average molecular weight is 301 g/mol. The lowest BCUT2D eigenvalue weighted by Gasteiger charge is -2.22. The van der Waals surface area contributed by atoms with Crippen molar-refractivity contribution in [3.63, 3.8) is 0 Å². The van der Waals surface area contributed by atoms with Crippen LogP contribution in [0.1, 0.15) is 19.4 Å². The first kappa shape index (κ1) is 15.8. The van der Waals surface area contributed by atoms with Gasteiger partial charge in [-0.1, -0.05) is 12.1 Å². The second-order valence-corrected chi connectivity index (χ2v) is 4.95. The Morgan fingerprint density at radius 1 is 1.09 bits per heavy atom. The lowest BCUT2D eigenvalue weighted by atomic mass is 10.1. The van der Waals surface area contributed by atoms with Crippen molar-refractivity contribution in [1.29, 1.82) is 0 Å². The molecule has 0 spiro atoms. The lowest BCUT2D eigenvalue weighted by Crippen LogP contribution is -2.52. The first-order valence-corrected chi connectivity index (χ1v) is 7.18. The molecule has 1 aromatic rings. The van der Waals surface area contributed by atoms with Crippen LogP contribution in [-0.2, 0) is 9.59 Å². The van der Waals surface area contributed by atoms with Gasteiger partial charge in [-0.2, -0.15) is 0 Å². The van der Waals surface area contributed by atoms with Gasteiger partial charge in [0.05, 0.1) is 0 Å². The van der Waals surface area contributed by atoms with Crippen molar-refractivity contribution in [3.8, 4) is 0 Å². The van der Waals surface area contributed by atoms with Gasteiger partial charge < -0.3 is 4.90 Å². The average Bonchev–Trinajstić information content (AvgIpc) is 2.52. The van der Waals surface area contributed by atoms with E-state index in [0.717, 1.165) is 29.2 Å². The molecule has 6 heteroatoms. The van der Waals surface area contributed by atoms with Crippen LogP contribution >= 0.6 is 0 Å². The van der Waals surface area contributed by atoms with Crippen LogP contribution in [0.3, 0.4) is 0 Å². The fourth-order valence-electron chi connectivity index (χ4n) is 2.28. The van der Waals surface area contributed by atoms with E-state index in [0.29, 0.717) is 0 Å². The number of urea groups is 1. The molecular weight excluding hydrogens is 282 g/mol. The van der Waals surface area contributed by atoms with Gasteiger partial charge in [0.25, 0.3) is 11.8 Å². The summed E-state index contributed by atoms with van der Waals surface area (Å²) in [4.78, 5) is 38.2. The molecule has 1 fully saturated rings. The minimum atomic E-state index is -0.705. The van der Waals surface area contributed by atoms with Crippen molar-refractivity contribution in [1.82, 2.24) is 10.2 Å². The summed E-state index contributed by atoms with van der Waals surface area (Å²) in [6, 6.07) is 6.87. The van der Waals surface area contributed by atoms with Crippen LogP contribution in [0.15, 0.2) is 29.8 Å². The minimum absolute atomic E-state index is 0.0438. The zero-order chi connectivity index (χ0) is 16.3. The van der Waals surface area contributed by atoms with Gasteiger partial charge in [-0.15, -0.1) is 0 Å². The van der Waals surface area contributed by atoms with Crippen LogP contribution in [0.2, 0.25) is 0 Å². The van der Waals surface area contributed by atoms with Gasteiger partial charge in [-0.3, -0.25) is 19.8 Å². The third-order valence-electron chi connectivity index (χ3n) is 3.64. The maximum absolute atomic E-state index is 12.0. The maximum Gasteiger partial charge on any atom is 0.331 e. The summed E-state index contributed by atoms with van der Waals surface area (Å²) in [5, 5.41) is 2.13. The van der Waals surface area contributed by atoms with E-state index in [2.05, 4.69) is 24.1 Å². The van der Waals surface area contributed by atoms with Crippen molar-refractivity contribution < 1.29 is 14.4 Å². The minimum Gasteiger partial charge on any atom is -0.372 e. The zero-order valence-electron chi connectivity index (χ0n) is 12.9. The fourth-order valence-corrected chi connectivity index (χ4v) is 2.28. The molecule has 0 unspecified atom stereocenters. The van der Waals surface area contributed by atoms with Gasteiger partial charge >= 0.3 is 6.03 Å². The van der Waals surface area contributed by atoms with Crippen LogP contribution in [-0.4, -0.2) is 42.9 Å². The summed E-state index contributed by atoms with van der Waals surface area (Å²) in [6.07, 6.45) is 1.49. The Hall–Kier alpha value is -2.63. The summed E-state index contributed by atoms with van der Waals surface area (Å²) >= 11 is 0. The van der Waals surface area contributed by atoms with Crippen LogP contribution in [0, 0.1) is 0 Å². The Bertz CT molecular complexity index is 631. The number of hydrogen-bond acceptors (Lipinski definition) is 4. The molecule has 6 nitrogen and oxygen atoms in total. The van der Waals surface area contributed by atoms with Crippen molar-refractivity contribution in [2.24, 2.45) is 0 Å². The highest BCUT2D eigenvalue weighted by atomic mass is 16.2.